The number of hydrogen-bond acceptors (Lipinski definition) is 6. The average molecular weight is 369 g/mol. The topological polar surface area (TPSA) is 95.7 Å². The van der Waals surface area contributed by atoms with Gasteiger partial charge in [0.05, 0.1) is 17.8 Å². The fourth-order valence-corrected chi connectivity index (χ4v) is 2.26. The van der Waals surface area contributed by atoms with Crippen molar-refractivity contribution in [3.63, 3.8) is 0 Å². The lowest BCUT2D eigenvalue weighted by Gasteiger charge is -2.20. The molecule has 1 atom stereocenters. The van der Waals surface area contributed by atoms with Gasteiger partial charge < -0.3 is 9.47 Å². The number of halogens is 1. The van der Waals surface area contributed by atoms with Crippen molar-refractivity contribution in [1.29, 1.82) is 0 Å². The summed E-state index contributed by atoms with van der Waals surface area (Å²) in [5, 5.41) is 10.7. The van der Waals surface area contributed by atoms with E-state index in [1.165, 1.54) is 0 Å². The van der Waals surface area contributed by atoms with Gasteiger partial charge in [0, 0.05) is 17.7 Å². The van der Waals surface area contributed by atoms with Gasteiger partial charge in [-0.25, -0.2) is 4.39 Å². The van der Waals surface area contributed by atoms with Gasteiger partial charge in [-0.05, 0) is 18.4 Å². The number of nitro groups is 1. The van der Waals surface area contributed by atoms with Gasteiger partial charge in [0.25, 0.3) is 5.69 Å². The Balaban J connectivity index is 2.46. The third-order valence-corrected chi connectivity index (χ3v) is 3.76. The van der Waals surface area contributed by atoms with Crippen molar-refractivity contribution in [2.24, 2.45) is 5.92 Å². The van der Waals surface area contributed by atoms with E-state index in [1.807, 2.05) is 20.8 Å². The molecular formula is C18H24FNO6. The normalized spacial score (nSPS) is 11.9. The molecule has 7 nitrogen and oxygen atoms in total. The number of esters is 2. The lowest BCUT2D eigenvalue weighted by Crippen LogP contribution is -2.24. The molecule has 0 amide bonds. The lowest BCUT2D eigenvalue weighted by atomic mass is 10.0. The van der Waals surface area contributed by atoms with Gasteiger partial charge in [0.1, 0.15) is 18.5 Å². The number of non-ortho nitro benzene ring substituents is 1. The van der Waals surface area contributed by atoms with Crippen LogP contribution in [0.4, 0.5) is 10.1 Å². The SMILES string of the molecule is CCCC(OC(=O)CCC(=O)OCc1cc([N+](=O)[O-])ccc1F)C(C)C. The van der Waals surface area contributed by atoms with Crippen LogP contribution in [0.5, 0.6) is 0 Å². The maximum Gasteiger partial charge on any atom is 0.306 e. The first kappa shape index (κ1) is 21.5. The molecule has 1 rings (SSSR count). The molecule has 1 aromatic rings. The molecule has 1 aromatic carbocycles. The van der Waals surface area contributed by atoms with Crippen LogP contribution in [0.15, 0.2) is 18.2 Å². The summed E-state index contributed by atoms with van der Waals surface area (Å²) in [7, 11) is 0. The summed E-state index contributed by atoms with van der Waals surface area (Å²) in [6.07, 6.45) is 1.10. The molecule has 144 valence electrons. The van der Waals surface area contributed by atoms with E-state index >= 15 is 0 Å². The monoisotopic (exact) mass is 369 g/mol. The van der Waals surface area contributed by atoms with Crippen LogP contribution in [0, 0.1) is 21.8 Å². The average Bonchev–Trinajstić information content (AvgIpc) is 2.58. The highest BCUT2D eigenvalue weighted by molar-refractivity contribution is 5.77. The number of ether oxygens (including phenoxy) is 2. The first-order valence-electron chi connectivity index (χ1n) is 8.52. The highest BCUT2D eigenvalue weighted by atomic mass is 19.1. The van der Waals surface area contributed by atoms with E-state index in [-0.39, 0.29) is 36.1 Å². The number of benzene rings is 1. The molecule has 0 aliphatic rings. The smallest absolute Gasteiger partial charge is 0.306 e. The molecule has 8 heteroatoms. The molecule has 0 heterocycles. The van der Waals surface area contributed by atoms with Gasteiger partial charge in [-0.2, -0.15) is 0 Å². The predicted molar refractivity (Wildman–Crippen MR) is 91.7 cm³/mol. The van der Waals surface area contributed by atoms with Gasteiger partial charge >= 0.3 is 11.9 Å². The maximum atomic E-state index is 13.6. The van der Waals surface area contributed by atoms with Crippen LogP contribution in [0.1, 0.15) is 52.0 Å². The summed E-state index contributed by atoms with van der Waals surface area (Å²) in [5.74, 6) is -1.72. The molecule has 0 aromatic heterocycles. The third kappa shape index (κ3) is 7.16. The van der Waals surface area contributed by atoms with Gasteiger partial charge in [-0.15, -0.1) is 0 Å². The predicted octanol–water partition coefficient (Wildman–Crippen LogP) is 3.93. The van der Waals surface area contributed by atoms with Crippen LogP contribution >= 0.6 is 0 Å². The maximum absolute atomic E-state index is 13.6. The zero-order valence-corrected chi connectivity index (χ0v) is 15.2. The fourth-order valence-electron chi connectivity index (χ4n) is 2.26. The second-order valence-electron chi connectivity index (χ2n) is 6.25. The van der Waals surface area contributed by atoms with Gasteiger partial charge in [0.2, 0.25) is 0 Å². The van der Waals surface area contributed by atoms with Crippen LogP contribution in [0.2, 0.25) is 0 Å². The van der Waals surface area contributed by atoms with E-state index in [9.17, 15) is 24.1 Å². The largest absolute Gasteiger partial charge is 0.462 e. The van der Waals surface area contributed by atoms with Crippen LogP contribution in [-0.4, -0.2) is 23.0 Å². The number of nitro benzene ring substituents is 1. The zero-order chi connectivity index (χ0) is 19.7. The molecule has 0 bridgehead atoms. The van der Waals surface area contributed by atoms with Crippen LogP contribution in [0.25, 0.3) is 0 Å². The summed E-state index contributed by atoms with van der Waals surface area (Å²) in [4.78, 5) is 33.6. The number of nitrogens with zero attached hydrogens (tertiary/aromatic N) is 1. The van der Waals surface area contributed by atoms with E-state index in [0.717, 1.165) is 31.0 Å². The first-order valence-corrected chi connectivity index (χ1v) is 8.52. The molecule has 0 spiro atoms. The highest BCUT2D eigenvalue weighted by Gasteiger charge is 2.19. The quantitative estimate of drug-likeness (QED) is 0.352. The molecule has 0 N–H and O–H groups in total. The van der Waals surface area contributed by atoms with Crippen molar-refractivity contribution >= 4 is 17.6 Å². The summed E-state index contributed by atoms with van der Waals surface area (Å²) in [5.41, 5.74) is -0.394. The standard InChI is InChI=1S/C18H24FNO6/c1-4-5-16(12(2)3)26-18(22)9-8-17(21)25-11-13-10-14(20(23)24)6-7-15(13)19/h6-7,10,12,16H,4-5,8-9,11H2,1-3H3. The number of rotatable bonds is 10. The van der Waals surface area contributed by atoms with Crippen molar-refractivity contribution in [3.05, 3.63) is 39.7 Å². The Labute approximate surface area is 151 Å². The minimum atomic E-state index is -0.706. The van der Waals surface area contributed by atoms with E-state index in [2.05, 4.69) is 0 Å². The van der Waals surface area contributed by atoms with E-state index in [1.54, 1.807) is 0 Å². The highest BCUT2D eigenvalue weighted by Crippen LogP contribution is 2.18. The Hall–Kier alpha value is -2.51. The Morgan fingerprint density at radius 3 is 2.46 bits per heavy atom. The number of carbonyl (C=O) groups excluding carboxylic acids is 2. The molecule has 26 heavy (non-hydrogen) atoms. The van der Waals surface area contributed by atoms with Crippen molar-refractivity contribution < 1.29 is 28.4 Å². The molecule has 0 fully saturated rings. The molecule has 1 unspecified atom stereocenters. The van der Waals surface area contributed by atoms with E-state index < -0.39 is 29.3 Å². The van der Waals surface area contributed by atoms with Crippen molar-refractivity contribution in [3.8, 4) is 0 Å². The first-order chi connectivity index (χ1) is 12.2. The summed E-state index contributed by atoms with van der Waals surface area (Å²) in [6, 6.07) is 2.98. The Morgan fingerprint density at radius 2 is 1.88 bits per heavy atom. The molecule has 0 radical (unpaired) electrons. The molecule has 0 saturated heterocycles. The van der Waals surface area contributed by atoms with E-state index in [4.69, 9.17) is 9.47 Å². The van der Waals surface area contributed by atoms with Crippen molar-refractivity contribution in [2.75, 3.05) is 0 Å². The van der Waals surface area contributed by atoms with Gasteiger partial charge in [0.15, 0.2) is 0 Å². The van der Waals surface area contributed by atoms with Crippen molar-refractivity contribution in [2.45, 2.75) is 59.2 Å². The van der Waals surface area contributed by atoms with E-state index in [0.29, 0.717) is 0 Å². The number of carbonyl (C=O) groups is 2. The zero-order valence-electron chi connectivity index (χ0n) is 15.2. The summed E-state index contributed by atoms with van der Waals surface area (Å²) in [6.45, 7) is 5.46. The van der Waals surface area contributed by atoms with Crippen LogP contribution in [0.3, 0.4) is 0 Å². The van der Waals surface area contributed by atoms with Gasteiger partial charge in [-0.1, -0.05) is 27.2 Å². The Kier molecular flexibility index (Phi) is 8.67. The summed E-state index contributed by atoms with van der Waals surface area (Å²) >= 11 is 0. The van der Waals surface area contributed by atoms with Gasteiger partial charge in [-0.3, -0.25) is 19.7 Å². The minimum Gasteiger partial charge on any atom is -0.462 e. The Bertz CT molecular complexity index is 647. The molecular weight excluding hydrogens is 345 g/mol. The molecule has 0 aliphatic heterocycles. The van der Waals surface area contributed by atoms with Crippen molar-refractivity contribution in [1.82, 2.24) is 0 Å². The fraction of sp³-hybridized carbons (Fsp3) is 0.556. The minimum absolute atomic E-state index is 0.0991. The van der Waals surface area contributed by atoms with Crippen LogP contribution in [-0.2, 0) is 25.7 Å². The Morgan fingerprint density at radius 1 is 1.23 bits per heavy atom. The summed E-state index contributed by atoms with van der Waals surface area (Å²) < 4.78 is 23.8. The van der Waals surface area contributed by atoms with Crippen LogP contribution < -0.4 is 0 Å². The second-order valence-corrected chi connectivity index (χ2v) is 6.25. The second kappa shape index (κ2) is 10.5. The molecule has 0 aliphatic carbocycles. The number of hydrogen-bond donors (Lipinski definition) is 0. The molecule has 0 saturated carbocycles. The lowest BCUT2D eigenvalue weighted by molar-refractivity contribution is -0.385. The third-order valence-electron chi connectivity index (χ3n) is 3.76.